The van der Waals surface area contributed by atoms with Crippen molar-refractivity contribution >= 4 is 15.9 Å². The summed E-state index contributed by atoms with van der Waals surface area (Å²) in [6.07, 6.45) is 2.33. The van der Waals surface area contributed by atoms with E-state index >= 15 is 0 Å². The third-order valence-electron chi connectivity index (χ3n) is 4.15. The smallest absolute Gasteiger partial charge is 0.241 e. The van der Waals surface area contributed by atoms with Crippen molar-refractivity contribution in [3.05, 3.63) is 28.8 Å². The van der Waals surface area contributed by atoms with Crippen molar-refractivity contribution < 1.29 is 13.2 Å². The van der Waals surface area contributed by atoms with Crippen LogP contribution in [0.3, 0.4) is 0 Å². The third-order valence-corrected chi connectivity index (χ3v) is 5.92. The first kappa shape index (κ1) is 17.9. The maximum atomic E-state index is 12.5. The summed E-state index contributed by atoms with van der Waals surface area (Å²) >= 11 is 0. The number of sulfonamides is 1. The van der Waals surface area contributed by atoms with E-state index in [0.717, 1.165) is 29.5 Å². The van der Waals surface area contributed by atoms with Gasteiger partial charge in [-0.15, -0.1) is 0 Å². The van der Waals surface area contributed by atoms with E-state index in [-0.39, 0.29) is 18.9 Å². The molecule has 23 heavy (non-hydrogen) atoms. The van der Waals surface area contributed by atoms with E-state index in [0.29, 0.717) is 17.5 Å². The molecule has 0 heterocycles. The predicted molar refractivity (Wildman–Crippen MR) is 90.9 cm³/mol. The van der Waals surface area contributed by atoms with Crippen molar-refractivity contribution in [2.24, 2.45) is 0 Å². The van der Waals surface area contributed by atoms with Crippen molar-refractivity contribution in [1.29, 1.82) is 0 Å². The van der Waals surface area contributed by atoms with Crippen LogP contribution < -0.4 is 4.72 Å². The van der Waals surface area contributed by atoms with Crippen LogP contribution in [-0.2, 0) is 14.8 Å². The number of nitrogens with one attached hydrogen (secondary N) is 1. The number of hydrogen-bond acceptors (Lipinski definition) is 3. The number of hydrogen-bond donors (Lipinski definition) is 1. The molecule has 1 amide bonds. The van der Waals surface area contributed by atoms with Crippen molar-refractivity contribution in [3.8, 4) is 0 Å². The van der Waals surface area contributed by atoms with Crippen LogP contribution >= 0.6 is 0 Å². The molecule has 128 valence electrons. The first-order valence-electron chi connectivity index (χ1n) is 8.13. The van der Waals surface area contributed by atoms with E-state index < -0.39 is 10.0 Å². The van der Waals surface area contributed by atoms with Crippen molar-refractivity contribution in [2.75, 3.05) is 13.1 Å². The molecule has 1 aromatic carbocycles. The molecule has 1 aromatic rings. The second-order valence-corrected chi connectivity index (χ2v) is 7.99. The zero-order chi connectivity index (χ0) is 17.2. The van der Waals surface area contributed by atoms with Gasteiger partial charge in [-0.3, -0.25) is 4.79 Å². The van der Waals surface area contributed by atoms with Gasteiger partial charge >= 0.3 is 0 Å². The average molecular weight is 338 g/mol. The molecule has 0 aliphatic heterocycles. The molecule has 5 nitrogen and oxygen atoms in total. The van der Waals surface area contributed by atoms with Crippen LogP contribution in [0.5, 0.6) is 0 Å². The van der Waals surface area contributed by atoms with Crippen LogP contribution in [0.25, 0.3) is 0 Å². The first-order chi connectivity index (χ1) is 10.8. The molecular formula is C17H26N2O3S. The first-order valence-corrected chi connectivity index (χ1v) is 9.61. The normalized spacial score (nSPS) is 14.8. The fourth-order valence-electron chi connectivity index (χ4n) is 3.12. The maximum absolute atomic E-state index is 12.5. The molecule has 2 rings (SSSR count). The highest BCUT2D eigenvalue weighted by molar-refractivity contribution is 7.89. The lowest BCUT2D eigenvalue weighted by Crippen LogP contribution is -2.36. The lowest BCUT2D eigenvalue weighted by molar-refractivity contribution is -0.131. The zero-order valence-electron chi connectivity index (χ0n) is 14.3. The minimum atomic E-state index is -3.59. The van der Waals surface area contributed by atoms with Crippen LogP contribution in [0, 0.1) is 20.8 Å². The van der Waals surface area contributed by atoms with Gasteiger partial charge in [0.25, 0.3) is 0 Å². The molecule has 0 unspecified atom stereocenters. The number of carbonyl (C=O) groups is 1. The summed E-state index contributed by atoms with van der Waals surface area (Å²) in [4.78, 5) is 14.3. The molecule has 1 N–H and O–H groups in total. The second kappa shape index (κ2) is 7.01. The summed E-state index contributed by atoms with van der Waals surface area (Å²) in [6.45, 7) is 8.32. The van der Waals surface area contributed by atoms with Gasteiger partial charge in [-0.25, -0.2) is 13.1 Å². The highest BCUT2D eigenvalue weighted by Gasteiger charge is 2.31. The molecular weight excluding hydrogens is 312 g/mol. The van der Waals surface area contributed by atoms with Gasteiger partial charge < -0.3 is 4.90 Å². The molecule has 0 bridgehead atoms. The maximum Gasteiger partial charge on any atom is 0.241 e. The highest BCUT2D eigenvalue weighted by atomic mass is 32.2. The van der Waals surface area contributed by atoms with E-state index in [1.54, 1.807) is 13.8 Å². The summed E-state index contributed by atoms with van der Waals surface area (Å²) in [5.41, 5.74) is 2.50. The number of aryl methyl sites for hydroxylation is 3. The lowest BCUT2D eigenvalue weighted by atomic mass is 10.1. The average Bonchev–Trinajstić information content (AvgIpc) is 3.22. The predicted octanol–water partition coefficient (Wildman–Crippen LogP) is 2.29. The topological polar surface area (TPSA) is 66.5 Å². The summed E-state index contributed by atoms with van der Waals surface area (Å²) in [7, 11) is -3.59. The summed E-state index contributed by atoms with van der Waals surface area (Å²) in [6, 6.07) is 4.09. The van der Waals surface area contributed by atoms with Crippen LogP contribution in [0.1, 0.15) is 42.9 Å². The van der Waals surface area contributed by atoms with Crippen LogP contribution in [0.4, 0.5) is 0 Å². The Kier molecular flexibility index (Phi) is 5.47. The number of rotatable bonds is 7. The SMILES string of the molecule is CCN(C(=O)CCNS(=O)(=O)c1c(C)cc(C)cc1C)C1CC1. The van der Waals surface area contributed by atoms with Gasteiger partial charge in [-0.2, -0.15) is 0 Å². The molecule has 6 heteroatoms. The van der Waals surface area contributed by atoms with Crippen molar-refractivity contribution in [1.82, 2.24) is 9.62 Å². The van der Waals surface area contributed by atoms with Gasteiger partial charge in [0.15, 0.2) is 0 Å². The minimum absolute atomic E-state index is 0.0232. The van der Waals surface area contributed by atoms with E-state index in [2.05, 4.69) is 4.72 Å². The second-order valence-electron chi connectivity index (χ2n) is 6.29. The molecule has 0 saturated heterocycles. The van der Waals surface area contributed by atoms with Crippen molar-refractivity contribution in [2.45, 2.75) is 57.9 Å². The van der Waals surface area contributed by atoms with Gasteiger partial charge in [0.05, 0.1) is 4.90 Å². The Balaban J connectivity index is 2.01. The number of benzene rings is 1. The van der Waals surface area contributed by atoms with Gasteiger partial charge in [-0.05, 0) is 51.7 Å². The van der Waals surface area contributed by atoms with Crippen LogP contribution in [-0.4, -0.2) is 38.4 Å². The molecule has 1 aliphatic carbocycles. The molecule has 1 aliphatic rings. The quantitative estimate of drug-likeness (QED) is 0.829. The summed E-state index contributed by atoms with van der Waals surface area (Å²) in [5.74, 6) is 0.0232. The Hall–Kier alpha value is -1.40. The minimum Gasteiger partial charge on any atom is -0.340 e. The Morgan fingerprint density at radius 1 is 1.22 bits per heavy atom. The number of amides is 1. The van der Waals surface area contributed by atoms with Gasteiger partial charge in [0.1, 0.15) is 0 Å². The van der Waals surface area contributed by atoms with Crippen molar-refractivity contribution in [3.63, 3.8) is 0 Å². The lowest BCUT2D eigenvalue weighted by Gasteiger charge is -2.20. The van der Waals surface area contributed by atoms with E-state index in [9.17, 15) is 13.2 Å². The van der Waals surface area contributed by atoms with Gasteiger partial charge in [-0.1, -0.05) is 17.7 Å². The van der Waals surface area contributed by atoms with Crippen LogP contribution in [0.2, 0.25) is 0 Å². The molecule has 0 radical (unpaired) electrons. The Morgan fingerprint density at radius 3 is 2.26 bits per heavy atom. The monoisotopic (exact) mass is 338 g/mol. The molecule has 1 saturated carbocycles. The number of nitrogens with zero attached hydrogens (tertiary/aromatic N) is 1. The fraction of sp³-hybridized carbons (Fsp3) is 0.588. The molecule has 0 aromatic heterocycles. The summed E-state index contributed by atoms with van der Waals surface area (Å²) in [5, 5.41) is 0. The molecule has 0 spiro atoms. The van der Waals surface area contributed by atoms with E-state index in [1.807, 2.05) is 30.9 Å². The molecule has 1 fully saturated rings. The van der Waals surface area contributed by atoms with Gasteiger partial charge in [0.2, 0.25) is 15.9 Å². The Bertz CT molecular complexity index is 671. The number of carbonyl (C=O) groups excluding carboxylic acids is 1. The largest absolute Gasteiger partial charge is 0.340 e. The highest BCUT2D eigenvalue weighted by Crippen LogP contribution is 2.27. The Labute approximate surface area is 139 Å². The molecule has 0 atom stereocenters. The fourth-order valence-corrected chi connectivity index (χ4v) is 4.60. The van der Waals surface area contributed by atoms with Crippen LogP contribution in [0.15, 0.2) is 17.0 Å². The standard InChI is InChI=1S/C17H26N2O3S/c1-5-19(15-6-7-15)16(20)8-9-18-23(21,22)17-13(3)10-12(2)11-14(17)4/h10-11,15,18H,5-9H2,1-4H3. The third kappa shape index (κ3) is 4.32. The van der Waals surface area contributed by atoms with Gasteiger partial charge in [0, 0.05) is 25.6 Å². The van der Waals surface area contributed by atoms with E-state index in [4.69, 9.17) is 0 Å². The summed E-state index contributed by atoms with van der Waals surface area (Å²) < 4.78 is 27.6. The van der Waals surface area contributed by atoms with E-state index in [1.165, 1.54) is 0 Å². The zero-order valence-corrected chi connectivity index (χ0v) is 15.2. The Morgan fingerprint density at radius 2 is 1.78 bits per heavy atom.